The van der Waals surface area contributed by atoms with Gasteiger partial charge in [-0.15, -0.1) is 0 Å². The maximum Gasteiger partial charge on any atom is 0.335 e. The summed E-state index contributed by atoms with van der Waals surface area (Å²) in [6, 6.07) is 8.86. The van der Waals surface area contributed by atoms with Crippen LogP contribution in [0.4, 0.5) is 16.4 Å². The van der Waals surface area contributed by atoms with E-state index in [9.17, 15) is 24.0 Å². The van der Waals surface area contributed by atoms with Crippen molar-refractivity contribution >= 4 is 41.4 Å². The molecule has 2 aromatic heterocycles. The van der Waals surface area contributed by atoms with Crippen LogP contribution in [0, 0.1) is 27.7 Å². The van der Waals surface area contributed by atoms with Crippen LogP contribution in [-0.2, 0) is 4.79 Å². The maximum absolute atomic E-state index is 12.9. The number of aromatic carboxylic acids is 2. The topological polar surface area (TPSA) is 173 Å². The molecule has 4 amide bonds. The number of aromatic nitrogens is 2. The predicted octanol–water partition coefficient (Wildman–Crippen LogP) is 2.81. The molecule has 0 radical (unpaired) electrons. The third-order valence-electron chi connectivity index (χ3n) is 7.13. The Labute approximate surface area is 247 Å². The second-order valence-electron chi connectivity index (χ2n) is 10.4. The van der Waals surface area contributed by atoms with E-state index in [0.717, 1.165) is 23.1 Å². The van der Waals surface area contributed by atoms with Crippen molar-refractivity contribution in [2.75, 3.05) is 42.5 Å². The van der Waals surface area contributed by atoms with E-state index in [2.05, 4.69) is 35.1 Å². The number of carbonyl (C=O) groups excluding carboxylic acids is 3. The summed E-state index contributed by atoms with van der Waals surface area (Å²) in [5.74, 6) is -1.38. The first-order valence-electron chi connectivity index (χ1n) is 13.5. The zero-order valence-electron chi connectivity index (χ0n) is 24.2. The number of carboxylic acid groups (broad SMARTS) is 2. The first-order valence-corrected chi connectivity index (χ1v) is 13.5. The van der Waals surface area contributed by atoms with Crippen molar-refractivity contribution in [1.29, 1.82) is 0 Å². The van der Waals surface area contributed by atoms with Crippen LogP contribution in [0.15, 0.2) is 42.6 Å². The van der Waals surface area contributed by atoms with Crippen LogP contribution in [-0.4, -0.2) is 87.6 Å². The minimum absolute atomic E-state index is 0.00241. The highest BCUT2D eigenvalue weighted by Crippen LogP contribution is 2.22. The molecular weight excluding hydrogens is 556 g/mol. The van der Waals surface area contributed by atoms with Crippen LogP contribution in [0.25, 0.3) is 0 Å². The predicted molar refractivity (Wildman–Crippen MR) is 157 cm³/mol. The molecule has 1 aromatic carbocycles. The van der Waals surface area contributed by atoms with Crippen molar-refractivity contribution in [1.82, 2.24) is 20.2 Å². The summed E-state index contributed by atoms with van der Waals surface area (Å²) >= 11 is 0. The van der Waals surface area contributed by atoms with Crippen LogP contribution in [0.5, 0.6) is 0 Å². The van der Waals surface area contributed by atoms with Crippen molar-refractivity contribution in [2.45, 2.75) is 27.7 Å². The van der Waals surface area contributed by atoms with E-state index >= 15 is 0 Å². The van der Waals surface area contributed by atoms with E-state index in [4.69, 9.17) is 15.2 Å². The van der Waals surface area contributed by atoms with E-state index in [-0.39, 0.29) is 29.5 Å². The molecule has 3 N–H and O–H groups in total. The van der Waals surface area contributed by atoms with Gasteiger partial charge in [0.15, 0.2) is 0 Å². The Morgan fingerprint density at radius 1 is 0.814 bits per heavy atom. The second kappa shape index (κ2) is 12.7. The number of urea groups is 1. The molecule has 0 bridgehead atoms. The smallest absolute Gasteiger partial charge is 0.335 e. The number of aryl methyl sites for hydroxylation is 4. The summed E-state index contributed by atoms with van der Waals surface area (Å²) < 4.78 is 0. The van der Waals surface area contributed by atoms with Crippen LogP contribution in [0.2, 0.25) is 0 Å². The quantitative estimate of drug-likeness (QED) is 0.376. The monoisotopic (exact) mass is 588 g/mol. The van der Waals surface area contributed by atoms with Gasteiger partial charge in [-0.05, 0) is 74.7 Å². The fourth-order valence-electron chi connectivity index (χ4n) is 4.78. The van der Waals surface area contributed by atoms with E-state index in [0.29, 0.717) is 43.1 Å². The Morgan fingerprint density at radius 2 is 1.44 bits per heavy atom. The number of carboxylic acids is 2. The summed E-state index contributed by atoms with van der Waals surface area (Å²) in [6.45, 7) is 10.3. The zero-order valence-corrected chi connectivity index (χ0v) is 24.2. The van der Waals surface area contributed by atoms with Crippen molar-refractivity contribution in [3.63, 3.8) is 0 Å². The molecule has 224 valence electrons. The normalized spacial score (nSPS) is 14.7. The van der Waals surface area contributed by atoms with Gasteiger partial charge in [0.05, 0.1) is 16.7 Å². The van der Waals surface area contributed by atoms with Gasteiger partial charge in [0.2, 0.25) is 5.91 Å². The minimum atomic E-state index is -1.12. The van der Waals surface area contributed by atoms with Gasteiger partial charge in [-0.25, -0.2) is 24.4 Å². The molecule has 2 aliphatic rings. The third kappa shape index (κ3) is 7.12. The molecule has 5 rings (SSSR count). The summed E-state index contributed by atoms with van der Waals surface area (Å²) in [6.07, 6.45) is 1.45. The highest BCUT2D eigenvalue weighted by molar-refractivity contribution is 6.11. The van der Waals surface area contributed by atoms with Crippen molar-refractivity contribution < 1.29 is 34.2 Å². The molecule has 13 nitrogen and oxygen atoms in total. The molecule has 0 aliphatic carbocycles. The minimum Gasteiger partial charge on any atom is -0.478 e. The number of rotatable bonds is 5. The molecule has 4 heterocycles. The Bertz CT molecular complexity index is 1560. The number of benzene rings is 1. The molecule has 0 atom stereocenters. The van der Waals surface area contributed by atoms with Gasteiger partial charge in [-0.1, -0.05) is 6.07 Å². The lowest BCUT2D eigenvalue weighted by atomic mass is 10.1. The average Bonchev–Trinajstić information content (AvgIpc) is 3.32. The van der Waals surface area contributed by atoms with Crippen LogP contribution in [0.3, 0.4) is 0 Å². The van der Waals surface area contributed by atoms with E-state index in [1.165, 1.54) is 28.8 Å². The van der Waals surface area contributed by atoms with Crippen molar-refractivity contribution in [2.24, 2.45) is 0 Å². The standard InChI is InChI=1S/C21H24N6O3.C9H8O4/c1-13-10-14(2)19(23-15(13)3)25-6-8-26(9-7-25)20(29)16-4-5-17(22-11-16)27-12-18(28)24-21(27)30;1-5-2-6(8(10)11)4-7(3-5)9(12)13/h4-5,10-11H,6-9,12H2,1-3H3,(H,24,28,30);2-4H,1H3,(H,10,11)(H,12,13). The van der Waals surface area contributed by atoms with Crippen molar-refractivity contribution in [3.05, 3.63) is 81.7 Å². The van der Waals surface area contributed by atoms with Gasteiger partial charge in [0, 0.05) is 38.1 Å². The molecule has 13 heteroatoms. The van der Waals surface area contributed by atoms with Crippen molar-refractivity contribution in [3.8, 4) is 0 Å². The fraction of sp³-hybridized carbons (Fsp3) is 0.300. The van der Waals surface area contributed by atoms with Gasteiger partial charge in [0.25, 0.3) is 5.91 Å². The first-order chi connectivity index (χ1) is 20.3. The largest absolute Gasteiger partial charge is 0.478 e. The number of anilines is 2. The number of piperazine rings is 1. The third-order valence-corrected chi connectivity index (χ3v) is 7.13. The number of nitrogens with one attached hydrogen (secondary N) is 1. The van der Waals surface area contributed by atoms with Gasteiger partial charge in [-0.3, -0.25) is 19.8 Å². The zero-order chi connectivity index (χ0) is 31.4. The van der Waals surface area contributed by atoms with E-state index in [1.54, 1.807) is 24.0 Å². The molecule has 43 heavy (non-hydrogen) atoms. The van der Waals surface area contributed by atoms with E-state index in [1.807, 2.05) is 6.92 Å². The lowest BCUT2D eigenvalue weighted by Crippen LogP contribution is -2.49. The number of pyridine rings is 2. The number of carbonyl (C=O) groups is 5. The molecule has 0 unspecified atom stereocenters. The van der Waals surface area contributed by atoms with Gasteiger partial charge >= 0.3 is 18.0 Å². The number of hydrogen-bond acceptors (Lipinski definition) is 8. The number of imide groups is 1. The molecule has 2 fully saturated rings. The SMILES string of the molecule is Cc1cc(C(=O)O)cc(C(=O)O)c1.Cc1cc(C)c(N2CCN(C(=O)c3ccc(N4CC(=O)NC4=O)nc3)CC2)nc1C. The summed E-state index contributed by atoms with van der Waals surface area (Å²) in [5.41, 5.74) is 4.42. The molecule has 2 saturated heterocycles. The molecule has 3 aromatic rings. The lowest BCUT2D eigenvalue weighted by Gasteiger charge is -2.36. The van der Waals surface area contributed by atoms with Crippen LogP contribution in [0.1, 0.15) is 53.5 Å². The Morgan fingerprint density at radius 3 is 1.95 bits per heavy atom. The summed E-state index contributed by atoms with van der Waals surface area (Å²) in [5, 5.41) is 19.5. The van der Waals surface area contributed by atoms with Crippen LogP contribution >= 0.6 is 0 Å². The second-order valence-corrected chi connectivity index (χ2v) is 10.4. The van der Waals surface area contributed by atoms with Gasteiger partial charge in [-0.2, -0.15) is 0 Å². The Balaban J connectivity index is 0.000000273. The summed E-state index contributed by atoms with van der Waals surface area (Å²) in [4.78, 5) is 71.2. The highest BCUT2D eigenvalue weighted by Gasteiger charge is 2.29. The first kappa shape index (κ1) is 30.6. The van der Waals surface area contributed by atoms with Crippen LogP contribution < -0.4 is 15.1 Å². The van der Waals surface area contributed by atoms with Gasteiger partial charge < -0.3 is 20.0 Å². The number of hydrogen-bond donors (Lipinski definition) is 3. The molecule has 0 spiro atoms. The van der Waals surface area contributed by atoms with Gasteiger partial charge in [0.1, 0.15) is 18.2 Å². The number of nitrogens with zero attached hydrogens (tertiary/aromatic N) is 5. The maximum atomic E-state index is 12.9. The highest BCUT2D eigenvalue weighted by atomic mass is 16.4. The number of amides is 4. The Kier molecular flexibility index (Phi) is 9.03. The molecule has 2 aliphatic heterocycles. The average molecular weight is 589 g/mol. The lowest BCUT2D eigenvalue weighted by molar-refractivity contribution is -0.117. The van der Waals surface area contributed by atoms with E-state index < -0.39 is 18.0 Å². The Hall–Kier alpha value is -5.33. The molecular formula is C30H32N6O7. The summed E-state index contributed by atoms with van der Waals surface area (Å²) in [7, 11) is 0. The fourth-order valence-corrected chi connectivity index (χ4v) is 4.78. The molecule has 0 saturated carbocycles.